The van der Waals surface area contributed by atoms with Gasteiger partial charge in [-0.05, 0) is 36.7 Å². The van der Waals surface area contributed by atoms with E-state index in [1.165, 1.54) is 0 Å². The summed E-state index contributed by atoms with van der Waals surface area (Å²) in [6, 6.07) is 2.07. The summed E-state index contributed by atoms with van der Waals surface area (Å²) in [5.74, 6) is 0.0541. The predicted octanol–water partition coefficient (Wildman–Crippen LogP) is 4.00. The van der Waals surface area contributed by atoms with Gasteiger partial charge in [0.2, 0.25) is 0 Å². The molecular weight excluding hydrogens is 274 g/mol. The fourth-order valence-corrected chi connectivity index (χ4v) is 4.79. The molecule has 0 amide bonds. The van der Waals surface area contributed by atoms with Crippen LogP contribution >= 0.6 is 0 Å². The topological polar surface area (TPSA) is 57.9 Å². The minimum atomic E-state index is -0.578. The second kappa shape index (κ2) is 5.19. The number of hydrogen-bond acceptors (Lipinski definition) is 3. The monoisotopic (exact) mass is 299 g/mol. The molecule has 22 heavy (non-hydrogen) atoms. The molecule has 3 atom stereocenters. The van der Waals surface area contributed by atoms with E-state index in [-0.39, 0.29) is 22.7 Å². The molecule has 1 fully saturated rings. The predicted molar refractivity (Wildman–Crippen MR) is 85.9 cm³/mol. The number of carbonyl (C=O) groups is 2. The van der Waals surface area contributed by atoms with Crippen LogP contribution in [-0.2, 0) is 9.59 Å². The van der Waals surface area contributed by atoms with Gasteiger partial charge in [0.1, 0.15) is 12.4 Å². The Morgan fingerprint density at radius 2 is 2.00 bits per heavy atom. The number of aldehydes is 1. The van der Waals surface area contributed by atoms with Crippen molar-refractivity contribution < 1.29 is 9.59 Å². The first-order valence-electron chi connectivity index (χ1n) is 8.01. The van der Waals surface area contributed by atoms with Gasteiger partial charge in [-0.2, -0.15) is 5.26 Å². The average Bonchev–Trinajstić information content (AvgIpc) is 2.47. The van der Waals surface area contributed by atoms with E-state index < -0.39 is 10.8 Å². The van der Waals surface area contributed by atoms with Crippen LogP contribution in [0.2, 0.25) is 0 Å². The molecule has 1 saturated carbocycles. The van der Waals surface area contributed by atoms with Gasteiger partial charge in [-0.25, -0.2) is 0 Å². The van der Waals surface area contributed by atoms with E-state index in [2.05, 4.69) is 26.8 Å². The summed E-state index contributed by atoms with van der Waals surface area (Å²) in [6.07, 6.45) is 7.20. The van der Waals surface area contributed by atoms with E-state index in [0.29, 0.717) is 0 Å². The van der Waals surface area contributed by atoms with E-state index in [1.54, 1.807) is 6.08 Å². The highest BCUT2D eigenvalue weighted by Gasteiger charge is 2.57. The number of hydrogen-bond donors (Lipinski definition) is 0. The molecule has 0 aromatic heterocycles. The van der Waals surface area contributed by atoms with Crippen molar-refractivity contribution in [3.05, 3.63) is 23.3 Å². The molecule has 0 aromatic carbocycles. The van der Waals surface area contributed by atoms with Crippen LogP contribution in [0.5, 0.6) is 0 Å². The Hall–Kier alpha value is -1.69. The van der Waals surface area contributed by atoms with Crippen molar-refractivity contribution in [3.8, 4) is 6.07 Å². The Morgan fingerprint density at radius 1 is 1.36 bits per heavy atom. The maximum absolute atomic E-state index is 12.6. The minimum absolute atomic E-state index is 0.0559. The maximum atomic E-state index is 12.6. The number of nitrogens with zero attached hydrogens (tertiary/aromatic N) is 1. The fourth-order valence-electron chi connectivity index (χ4n) is 4.79. The smallest absolute Gasteiger partial charge is 0.178 e. The summed E-state index contributed by atoms with van der Waals surface area (Å²) in [7, 11) is 0. The molecule has 0 N–H and O–H groups in total. The summed E-state index contributed by atoms with van der Waals surface area (Å²) < 4.78 is 0. The van der Waals surface area contributed by atoms with Crippen LogP contribution in [0.4, 0.5) is 0 Å². The van der Waals surface area contributed by atoms with E-state index in [9.17, 15) is 14.9 Å². The number of Topliss-reactive ketones (excluding diaryl/α,β-unsaturated/α-hetero) is 1. The largest absolute Gasteiger partial charge is 0.299 e. The Morgan fingerprint density at radius 3 is 2.50 bits per heavy atom. The lowest BCUT2D eigenvalue weighted by Gasteiger charge is -2.57. The summed E-state index contributed by atoms with van der Waals surface area (Å²) >= 11 is 0. The molecule has 0 bridgehead atoms. The van der Waals surface area contributed by atoms with Crippen molar-refractivity contribution in [3.63, 3.8) is 0 Å². The van der Waals surface area contributed by atoms with Crippen molar-refractivity contribution in [2.75, 3.05) is 0 Å². The van der Waals surface area contributed by atoms with Crippen LogP contribution in [-0.4, -0.2) is 12.1 Å². The fraction of sp³-hybridized carbons (Fsp3) is 0.632. The molecule has 0 unspecified atom stereocenters. The first-order valence-corrected chi connectivity index (χ1v) is 8.01. The summed E-state index contributed by atoms with van der Waals surface area (Å²) in [6.45, 7) is 10.3. The Balaban J connectivity index is 2.74. The van der Waals surface area contributed by atoms with Gasteiger partial charge in [0.15, 0.2) is 5.78 Å². The molecule has 2 rings (SSSR count). The van der Waals surface area contributed by atoms with Gasteiger partial charge < -0.3 is 0 Å². The molecule has 0 spiro atoms. The molecule has 0 radical (unpaired) electrons. The first kappa shape index (κ1) is 16.7. The molecule has 0 aromatic rings. The lowest BCUT2D eigenvalue weighted by molar-refractivity contribution is -0.130. The molecule has 2 aliphatic carbocycles. The van der Waals surface area contributed by atoms with E-state index in [0.717, 1.165) is 31.1 Å². The van der Waals surface area contributed by atoms with Gasteiger partial charge >= 0.3 is 0 Å². The van der Waals surface area contributed by atoms with E-state index >= 15 is 0 Å². The summed E-state index contributed by atoms with van der Waals surface area (Å²) in [4.78, 5) is 23.8. The standard InChI is InChI=1S/C19H25NO2/c1-6-18(4)9-7-14-17(2,3)16(22)13(12-20)11-19(14,5)15(18)8-10-21/h8,10-11,14H,6-7,9H2,1-5H3/b15-8+/t14-,18+,19-/m0/s1. The van der Waals surface area contributed by atoms with Crippen molar-refractivity contribution in [2.24, 2.45) is 22.2 Å². The Bertz CT molecular complexity index is 620. The van der Waals surface area contributed by atoms with Crippen molar-refractivity contribution in [2.45, 2.75) is 53.9 Å². The Kier molecular flexibility index (Phi) is 3.94. The SMILES string of the molecule is CC[C@]1(C)CC[C@H]2C(C)(C)C(=O)C(C#N)=C[C@]2(C)/C1=C/C=O. The van der Waals surface area contributed by atoms with Gasteiger partial charge in [-0.1, -0.05) is 46.3 Å². The van der Waals surface area contributed by atoms with Gasteiger partial charge in [-0.3, -0.25) is 9.59 Å². The normalized spacial score (nSPS) is 38.9. The summed E-state index contributed by atoms with van der Waals surface area (Å²) in [5, 5.41) is 9.37. The minimum Gasteiger partial charge on any atom is -0.299 e. The number of rotatable bonds is 2. The average molecular weight is 299 g/mol. The lowest BCUT2D eigenvalue weighted by atomic mass is 9.46. The van der Waals surface area contributed by atoms with Crippen LogP contribution in [0, 0.1) is 33.5 Å². The molecule has 0 heterocycles. The molecule has 0 saturated heterocycles. The molecule has 3 nitrogen and oxygen atoms in total. The third-order valence-corrected chi connectivity index (χ3v) is 6.22. The first-order chi connectivity index (χ1) is 10.2. The third-order valence-electron chi connectivity index (χ3n) is 6.22. The molecule has 3 heteroatoms. The number of ketones is 1. The zero-order valence-corrected chi connectivity index (χ0v) is 14.2. The molecule has 2 aliphatic rings. The van der Waals surface area contributed by atoms with Gasteiger partial charge in [0.25, 0.3) is 0 Å². The quantitative estimate of drug-likeness (QED) is 0.572. The van der Waals surface area contributed by atoms with Gasteiger partial charge in [-0.15, -0.1) is 0 Å². The highest BCUT2D eigenvalue weighted by molar-refractivity contribution is 6.04. The number of allylic oxidation sites excluding steroid dienone is 4. The number of carbonyl (C=O) groups excluding carboxylic acids is 2. The molecule has 118 valence electrons. The van der Waals surface area contributed by atoms with Crippen LogP contribution in [0.15, 0.2) is 23.3 Å². The zero-order chi connectivity index (χ0) is 16.8. The highest BCUT2D eigenvalue weighted by Crippen LogP contribution is 2.62. The molecular formula is C19H25NO2. The second-order valence-electron chi connectivity index (χ2n) is 7.73. The molecule has 0 aliphatic heterocycles. The van der Waals surface area contributed by atoms with Crippen LogP contribution < -0.4 is 0 Å². The number of fused-ring (bicyclic) bond motifs is 1. The maximum Gasteiger partial charge on any atom is 0.178 e. The van der Waals surface area contributed by atoms with E-state index in [4.69, 9.17) is 0 Å². The van der Waals surface area contributed by atoms with Crippen LogP contribution in [0.1, 0.15) is 53.9 Å². The zero-order valence-electron chi connectivity index (χ0n) is 14.2. The number of nitriles is 1. The van der Waals surface area contributed by atoms with Crippen molar-refractivity contribution in [1.82, 2.24) is 0 Å². The highest BCUT2D eigenvalue weighted by atomic mass is 16.1. The lowest BCUT2D eigenvalue weighted by Crippen LogP contribution is -2.52. The summed E-state index contributed by atoms with van der Waals surface area (Å²) in [5.41, 5.74) is 0.264. The van der Waals surface area contributed by atoms with Crippen LogP contribution in [0.3, 0.4) is 0 Å². The van der Waals surface area contributed by atoms with Crippen LogP contribution in [0.25, 0.3) is 0 Å². The van der Waals surface area contributed by atoms with Gasteiger partial charge in [0.05, 0.1) is 5.57 Å². The van der Waals surface area contributed by atoms with Crippen molar-refractivity contribution >= 4 is 12.1 Å². The van der Waals surface area contributed by atoms with E-state index in [1.807, 2.05) is 19.9 Å². The van der Waals surface area contributed by atoms with Crippen molar-refractivity contribution in [1.29, 1.82) is 5.26 Å². The van der Waals surface area contributed by atoms with Gasteiger partial charge in [0, 0.05) is 10.8 Å². The second-order valence-corrected chi connectivity index (χ2v) is 7.73. The third kappa shape index (κ3) is 2.08. The Labute approximate surface area is 133 Å².